The van der Waals surface area contributed by atoms with E-state index in [1.165, 1.54) is 42.0 Å². The van der Waals surface area contributed by atoms with Crippen molar-refractivity contribution in [2.75, 3.05) is 0 Å². The Morgan fingerprint density at radius 2 is 1.06 bits per heavy atom. The summed E-state index contributed by atoms with van der Waals surface area (Å²) in [6, 6.07) is 54.9. The van der Waals surface area contributed by atoms with Crippen LogP contribution in [0, 0.1) is 0 Å². The number of benzene rings is 7. The van der Waals surface area contributed by atoms with Crippen molar-refractivity contribution in [3.8, 4) is 39.9 Å². The van der Waals surface area contributed by atoms with Crippen LogP contribution in [0.3, 0.4) is 0 Å². The maximum atomic E-state index is 6.73. The smallest absolute Gasteiger partial charge is 0.167 e. The van der Waals surface area contributed by atoms with Crippen LogP contribution >= 0.6 is 11.3 Å². The number of aromatic nitrogens is 4. The molecule has 4 heterocycles. The predicted molar refractivity (Wildman–Crippen MR) is 211 cm³/mol. The van der Waals surface area contributed by atoms with Gasteiger partial charge in [0.2, 0.25) is 0 Å². The lowest BCUT2D eigenvalue weighted by atomic mass is 10.0. The second-order valence-electron chi connectivity index (χ2n) is 12.8. The average Bonchev–Trinajstić information content (AvgIpc) is 3.87. The van der Waals surface area contributed by atoms with Gasteiger partial charge in [-0.25, -0.2) is 15.0 Å². The molecule has 6 heteroatoms. The van der Waals surface area contributed by atoms with Crippen LogP contribution in [0.2, 0.25) is 0 Å². The standard InChI is InChI=1S/C45H26N4OS/c1-3-12-27(13-4-1)43-46-44(28-14-5-2-6-15-28)48-45(47-43)34-19-11-18-33-40-37(50-42(33)34)24-25-38-41(40)32-23-22-29(26-39(32)51-38)49-35-20-9-7-16-30(35)31-17-8-10-21-36(31)49/h1-26H. The fourth-order valence-corrected chi connectivity index (χ4v) is 8.74. The van der Waals surface area contributed by atoms with Gasteiger partial charge in [0.15, 0.2) is 17.5 Å². The van der Waals surface area contributed by atoms with E-state index in [4.69, 9.17) is 19.4 Å². The monoisotopic (exact) mass is 670 g/mol. The Morgan fingerprint density at radius 3 is 1.75 bits per heavy atom. The van der Waals surface area contributed by atoms with Crippen molar-refractivity contribution >= 4 is 75.3 Å². The fraction of sp³-hybridized carbons (Fsp3) is 0. The Hall–Kier alpha value is -6.63. The number of rotatable bonds is 4. The second-order valence-corrected chi connectivity index (χ2v) is 13.9. The number of para-hydroxylation sites is 3. The Labute approximate surface area is 295 Å². The minimum absolute atomic E-state index is 0.578. The molecule has 0 aliphatic heterocycles. The van der Waals surface area contributed by atoms with Gasteiger partial charge >= 0.3 is 0 Å². The third-order valence-corrected chi connectivity index (χ3v) is 11.0. The highest BCUT2D eigenvalue weighted by Gasteiger charge is 2.21. The minimum atomic E-state index is 0.578. The number of thiophene rings is 1. The summed E-state index contributed by atoms with van der Waals surface area (Å²) in [6.45, 7) is 0. The summed E-state index contributed by atoms with van der Waals surface area (Å²) < 4.78 is 11.6. The summed E-state index contributed by atoms with van der Waals surface area (Å²) in [5, 5.41) is 7.11. The van der Waals surface area contributed by atoms with Gasteiger partial charge in [-0.05, 0) is 42.5 Å². The molecule has 0 bridgehead atoms. The SMILES string of the molecule is c1ccc(-c2nc(-c3ccccc3)nc(-c3cccc4c3oc3ccc5sc6cc(-n7c8ccccc8c8ccccc87)ccc6c5c34)n2)cc1. The van der Waals surface area contributed by atoms with Gasteiger partial charge in [0.25, 0.3) is 0 Å². The molecule has 0 saturated heterocycles. The molecule has 0 amide bonds. The molecule has 0 radical (unpaired) electrons. The van der Waals surface area contributed by atoms with E-state index in [0.29, 0.717) is 17.5 Å². The molecule has 7 aromatic carbocycles. The molecule has 0 N–H and O–H groups in total. The van der Waals surface area contributed by atoms with Crippen LogP contribution in [-0.2, 0) is 0 Å². The zero-order valence-corrected chi connectivity index (χ0v) is 27.9. The first-order valence-corrected chi connectivity index (χ1v) is 17.8. The van der Waals surface area contributed by atoms with E-state index in [1.807, 2.05) is 78.1 Å². The van der Waals surface area contributed by atoms with E-state index in [9.17, 15) is 0 Å². The van der Waals surface area contributed by atoms with Crippen LogP contribution in [0.1, 0.15) is 0 Å². The highest BCUT2D eigenvalue weighted by atomic mass is 32.1. The molecule has 4 aromatic heterocycles. The predicted octanol–water partition coefficient (Wildman–Crippen LogP) is 12.2. The molecule has 0 aliphatic carbocycles. The minimum Gasteiger partial charge on any atom is -0.455 e. The van der Waals surface area contributed by atoms with Crippen LogP contribution < -0.4 is 0 Å². The van der Waals surface area contributed by atoms with Gasteiger partial charge in [-0.2, -0.15) is 0 Å². The quantitative estimate of drug-likeness (QED) is 0.187. The molecule has 0 spiro atoms. The lowest BCUT2D eigenvalue weighted by Crippen LogP contribution is -2.00. The molecule has 0 unspecified atom stereocenters. The van der Waals surface area contributed by atoms with E-state index in [2.05, 4.69) is 95.6 Å². The van der Waals surface area contributed by atoms with E-state index >= 15 is 0 Å². The van der Waals surface area contributed by atoms with E-state index in [1.54, 1.807) is 0 Å². The molecular formula is C45H26N4OS. The number of hydrogen-bond acceptors (Lipinski definition) is 5. The van der Waals surface area contributed by atoms with Gasteiger partial charge in [0.05, 0.1) is 16.6 Å². The van der Waals surface area contributed by atoms with Crippen molar-refractivity contribution in [3.63, 3.8) is 0 Å². The van der Waals surface area contributed by atoms with Crippen LogP contribution in [0.15, 0.2) is 162 Å². The highest BCUT2D eigenvalue weighted by Crippen LogP contribution is 2.45. The molecule has 0 atom stereocenters. The first-order chi connectivity index (χ1) is 25.3. The number of fused-ring (bicyclic) bond motifs is 10. The van der Waals surface area contributed by atoms with Gasteiger partial charge in [-0.3, -0.25) is 0 Å². The molecular weight excluding hydrogens is 645 g/mol. The lowest BCUT2D eigenvalue weighted by Gasteiger charge is -2.08. The highest BCUT2D eigenvalue weighted by molar-refractivity contribution is 7.26. The average molecular weight is 671 g/mol. The van der Waals surface area contributed by atoms with Gasteiger partial charge < -0.3 is 8.98 Å². The van der Waals surface area contributed by atoms with Gasteiger partial charge in [-0.15, -0.1) is 11.3 Å². The zero-order valence-electron chi connectivity index (χ0n) is 27.1. The van der Waals surface area contributed by atoms with Crippen molar-refractivity contribution < 1.29 is 4.42 Å². The van der Waals surface area contributed by atoms with Crippen LogP contribution in [0.4, 0.5) is 0 Å². The van der Waals surface area contributed by atoms with E-state index in [0.717, 1.165) is 44.3 Å². The molecule has 238 valence electrons. The summed E-state index contributed by atoms with van der Waals surface area (Å²) in [4.78, 5) is 14.9. The van der Waals surface area contributed by atoms with E-state index < -0.39 is 0 Å². The molecule has 5 nitrogen and oxygen atoms in total. The Morgan fingerprint density at radius 1 is 0.451 bits per heavy atom. The topological polar surface area (TPSA) is 56.7 Å². The van der Waals surface area contributed by atoms with E-state index in [-0.39, 0.29) is 0 Å². The number of hydrogen-bond donors (Lipinski definition) is 0. The zero-order chi connectivity index (χ0) is 33.5. The molecule has 0 saturated carbocycles. The summed E-state index contributed by atoms with van der Waals surface area (Å²) in [6.07, 6.45) is 0. The summed E-state index contributed by atoms with van der Waals surface area (Å²) >= 11 is 1.82. The number of nitrogens with zero attached hydrogens (tertiary/aromatic N) is 4. The third kappa shape index (κ3) is 4.30. The third-order valence-electron chi connectivity index (χ3n) is 9.86. The second kappa shape index (κ2) is 10.9. The Bertz CT molecular complexity index is 3030. The van der Waals surface area contributed by atoms with Crippen molar-refractivity contribution in [2.24, 2.45) is 0 Å². The first-order valence-electron chi connectivity index (χ1n) is 16.9. The fourth-order valence-electron chi connectivity index (χ4n) is 7.59. The Kier molecular flexibility index (Phi) is 6.05. The van der Waals surface area contributed by atoms with Crippen molar-refractivity contribution in [3.05, 3.63) is 158 Å². The first kappa shape index (κ1) is 28.2. The maximum absolute atomic E-state index is 6.73. The summed E-state index contributed by atoms with van der Waals surface area (Å²) in [7, 11) is 0. The molecule has 51 heavy (non-hydrogen) atoms. The molecule has 0 aliphatic rings. The van der Waals surface area contributed by atoms with Crippen molar-refractivity contribution in [1.29, 1.82) is 0 Å². The number of furan rings is 1. The van der Waals surface area contributed by atoms with Crippen LogP contribution in [0.25, 0.3) is 104 Å². The maximum Gasteiger partial charge on any atom is 0.167 e. The summed E-state index contributed by atoms with van der Waals surface area (Å²) in [5.41, 5.74) is 7.88. The molecule has 0 fully saturated rings. The Balaban J connectivity index is 1.12. The van der Waals surface area contributed by atoms with Crippen molar-refractivity contribution in [1.82, 2.24) is 19.5 Å². The molecule has 11 aromatic rings. The van der Waals surface area contributed by atoms with Gasteiger partial charge in [-0.1, -0.05) is 115 Å². The van der Waals surface area contributed by atoms with Gasteiger partial charge in [0.1, 0.15) is 11.2 Å². The summed E-state index contributed by atoms with van der Waals surface area (Å²) in [5.74, 6) is 1.82. The van der Waals surface area contributed by atoms with Crippen LogP contribution in [0.5, 0.6) is 0 Å². The largest absolute Gasteiger partial charge is 0.455 e. The lowest BCUT2D eigenvalue weighted by molar-refractivity contribution is 0.670. The van der Waals surface area contributed by atoms with Crippen molar-refractivity contribution in [2.45, 2.75) is 0 Å². The normalized spacial score (nSPS) is 11.9. The molecule has 11 rings (SSSR count). The van der Waals surface area contributed by atoms with Gasteiger partial charge in [0, 0.05) is 58.5 Å². The van der Waals surface area contributed by atoms with Crippen LogP contribution in [-0.4, -0.2) is 19.5 Å².